The summed E-state index contributed by atoms with van der Waals surface area (Å²) in [5, 5.41) is 3.72. The molecule has 5 heteroatoms. The molecule has 1 aliphatic heterocycles. The number of nitrogens with zero attached hydrogens (tertiary/aromatic N) is 1. The van der Waals surface area contributed by atoms with Crippen molar-refractivity contribution in [3.05, 3.63) is 23.8 Å². The number of hydrogen-bond acceptors (Lipinski definition) is 4. The number of carbonyl (C=O) groups is 1. The molecule has 2 aliphatic rings. The fourth-order valence-corrected chi connectivity index (χ4v) is 4.26. The van der Waals surface area contributed by atoms with Gasteiger partial charge in [0.1, 0.15) is 0 Å². The summed E-state index contributed by atoms with van der Waals surface area (Å²) in [5.41, 5.74) is 1.18. The van der Waals surface area contributed by atoms with Gasteiger partial charge in [0.2, 0.25) is 0 Å². The van der Waals surface area contributed by atoms with Crippen LogP contribution in [0.1, 0.15) is 51.5 Å². The van der Waals surface area contributed by atoms with E-state index in [0.717, 1.165) is 38.4 Å². The van der Waals surface area contributed by atoms with E-state index >= 15 is 0 Å². The number of amides is 1. The second-order valence-electron chi connectivity index (χ2n) is 8.12. The molecule has 1 N–H and O–H groups in total. The van der Waals surface area contributed by atoms with Crippen molar-refractivity contribution < 1.29 is 14.3 Å². The fraction of sp³-hybridized carbons (Fsp3) is 0.682. The minimum atomic E-state index is 0.0562. The highest BCUT2D eigenvalue weighted by Gasteiger charge is 2.26. The van der Waals surface area contributed by atoms with Gasteiger partial charge in [0.25, 0.3) is 5.91 Å². The average molecular weight is 375 g/mol. The van der Waals surface area contributed by atoms with E-state index in [0.29, 0.717) is 23.5 Å². The standard InChI is InChI=1S/C22H34N2O3/c1-16-7-6-8-19(17(16)2)23-14-18-9-10-20(21(13-18)26-3)27-15-22(25)24-11-4-5-12-24/h9-10,13,16-17,19,23H,4-8,11-12,14-15H2,1-3H3/t16-,17+,19+/m1/s1. The lowest BCUT2D eigenvalue weighted by atomic mass is 9.78. The molecule has 0 spiro atoms. The molecule has 5 nitrogen and oxygen atoms in total. The molecule has 3 atom stereocenters. The van der Waals surface area contributed by atoms with Gasteiger partial charge in [-0.15, -0.1) is 0 Å². The summed E-state index contributed by atoms with van der Waals surface area (Å²) in [6, 6.07) is 6.57. The molecule has 0 radical (unpaired) electrons. The molecule has 150 valence electrons. The fourth-order valence-electron chi connectivity index (χ4n) is 4.26. The Morgan fingerprint density at radius 3 is 2.67 bits per heavy atom. The van der Waals surface area contributed by atoms with E-state index in [1.807, 2.05) is 17.0 Å². The van der Waals surface area contributed by atoms with E-state index in [2.05, 4.69) is 25.2 Å². The molecule has 1 heterocycles. The van der Waals surface area contributed by atoms with E-state index in [4.69, 9.17) is 9.47 Å². The Kier molecular flexibility index (Phi) is 7.00. The summed E-state index contributed by atoms with van der Waals surface area (Å²) >= 11 is 0. The van der Waals surface area contributed by atoms with Crippen molar-refractivity contribution >= 4 is 5.91 Å². The van der Waals surface area contributed by atoms with Crippen molar-refractivity contribution in [2.45, 2.75) is 58.5 Å². The van der Waals surface area contributed by atoms with Gasteiger partial charge >= 0.3 is 0 Å². The quantitative estimate of drug-likeness (QED) is 0.792. The predicted molar refractivity (Wildman–Crippen MR) is 107 cm³/mol. The second-order valence-corrected chi connectivity index (χ2v) is 8.12. The zero-order valence-electron chi connectivity index (χ0n) is 17.0. The van der Waals surface area contributed by atoms with Gasteiger partial charge in [-0.3, -0.25) is 4.79 Å². The summed E-state index contributed by atoms with van der Waals surface area (Å²) in [7, 11) is 1.65. The largest absolute Gasteiger partial charge is 0.493 e. The lowest BCUT2D eigenvalue weighted by molar-refractivity contribution is -0.132. The van der Waals surface area contributed by atoms with Crippen molar-refractivity contribution in [1.82, 2.24) is 10.2 Å². The van der Waals surface area contributed by atoms with Crippen molar-refractivity contribution in [3.8, 4) is 11.5 Å². The molecule has 0 bridgehead atoms. The van der Waals surface area contributed by atoms with Crippen molar-refractivity contribution in [2.24, 2.45) is 11.8 Å². The third-order valence-corrected chi connectivity index (χ3v) is 6.31. The van der Waals surface area contributed by atoms with Crippen LogP contribution in [-0.2, 0) is 11.3 Å². The van der Waals surface area contributed by atoms with Crippen LogP contribution >= 0.6 is 0 Å². The van der Waals surface area contributed by atoms with E-state index in [1.54, 1.807) is 7.11 Å². The van der Waals surface area contributed by atoms with Crippen LogP contribution in [0.5, 0.6) is 11.5 Å². The first-order valence-electron chi connectivity index (χ1n) is 10.4. The summed E-state index contributed by atoms with van der Waals surface area (Å²) in [6.07, 6.45) is 6.09. The van der Waals surface area contributed by atoms with Gasteiger partial charge < -0.3 is 19.7 Å². The number of hydrogen-bond donors (Lipinski definition) is 1. The summed E-state index contributed by atoms with van der Waals surface area (Å²) in [4.78, 5) is 14.0. The highest BCUT2D eigenvalue weighted by atomic mass is 16.5. The minimum Gasteiger partial charge on any atom is -0.493 e. The molecule has 27 heavy (non-hydrogen) atoms. The maximum Gasteiger partial charge on any atom is 0.260 e. The van der Waals surface area contributed by atoms with E-state index in [9.17, 15) is 4.79 Å². The number of benzene rings is 1. The van der Waals surface area contributed by atoms with Gasteiger partial charge in [0.15, 0.2) is 18.1 Å². The van der Waals surface area contributed by atoms with Crippen LogP contribution in [0.2, 0.25) is 0 Å². The first kappa shape index (κ1) is 20.0. The van der Waals surface area contributed by atoms with Gasteiger partial charge in [-0.1, -0.05) is 32.8 Å². The first-order chi connectivity index (χ1) is 13.1. The van der Waals surface area contributed by atoms with Crippen molar-refractivity contribution in [2.75, 3.05) is 26.8 Å². The zero-order chi connectivity index (χ0) is 19.2. The Balaban J connectivity index is 1.54. The SMILES string of the molecule is COc1cc(CN[C@H]2CCC[C@@H](C)[C@@H]2C)ccc1OCC(=O)N1CCCC1. The third-order valence-electron chi connectivity index (χ3n) is 6.31. The predicted octanol–water partition coefficient (Wildman–Crippen LogP) is 3.61. The van der Waals surface area contributed by atoms with Crippen LogP contribution in [0, 0.1) is 11.8 Å². The van der Waals surface area contributed by atoms with Gasteiger partial charge in [0, 0.05) is 25.7 Å². The normalized spacial score (nSPS) is 25.4. The Bertz CT molecular complexity index is 628. The van der Waals surface area contributed by atoms with E-state index in [1.165, 1.54) is 24.8 Å². The Morgan fingerprint density at radius 2 is 1.93 bits per heavy atom. The highest BCUT2D eigenvalue weighted by Crippen LogP contribution is 2.31. The van der Waals surface area contributed by atoms with Crippen molar-refractivity contribution in [1.29, 1.82) is 0 Å². The van der Waals surface area contributed by atoms with Crippen LogP contribution in [0.3, 0.4) is 0 Å². The zero-order valence-corrected chi connectivity index (χ0v) is 17.0. The number of carbonyl (C=O) groups excluding carboxylic acids is 1. The van der Waals surface area contributed by atoms with Crippen molar-refractivity contribution in [3.63, 3.8) is 0 Å². The lowest BCUT2D eigenvalue weighted by Gasteiger charge is -2.34. The molecular formula is C22H34N2O3. The van der Waals surface area contributed by atoms with E-state index < -0.39 is 0 Å². The molecule has 1 aromatic carbocycles. The second kappa shape index (κ2) is 9.45. The topological polar surface area (TPSA) is 50.8 Å². The Labute approximate surface area is 163 Å². The molecule has 1 aromatic rings. The molecule has 0 unspecified atom stereocenters. The monoisotopic (exact) mass is 374 g/mol. The van der Waals surface area contributed by atoms with Crippen LogP contribution in [-0.4, -0.2) is 43.7 Å². The maximum absolute atomic E-state index is 12.2. The lowest BCUT2D eigenvalue weighted by Crippen LogP contribution is -2.40. The number of ether oxygens (including phenoxy) is 2. The van der Waals surface area contributed by atoms with Crippen LogP contribution < -0.4 is 14.8 Å². The number of methoxy groups -OCH3 is 1. The highest BCUT2D eigenvalue weighted by molar-refractivity contribution is 5.78. The molecule has 1 saturated carbocycles. The summed E-state index contributed by atoms with van der Waals surface area (Å²) < 4.78 is 11.2. The molecule has 1 amide bonds. The number of rotatable bonds is 7. The molecule has 2 fully saturated rings. The van der Waals surface area contributed by atoms with Crippen LogP contribution in [0.4, 0.5) is 0 Å². The third kappa shape index (κ3) is 5.16. The van der Waals surface area contributed by atoms with Crippen LogP contribution in [0.15, 0.2) is 18.2 Å². The molecule has 1 saturated heterocycles. The molecule has 3 rings (SSSR count). The maximum atomic E-state index is 12.2. The number of likely N-dealkylation sites (tertiary alicyclic amines) is 1. The van der Waals surface area contributed by atoms with E-state index in [-0.39, 0.29) is 12.5 Å². The first-order valence-corrected chi connectivity index (χ1v) is 10.4. The summed E-state index contributed by atoms with van der Waals surface area (Å²) in [6.45, 7) is 7.31. The average Bonchev–Trinajstić information content (AvgIpc) is 3.22. The van der Waals surface area contributed by atoms with Crippen LogP contribution in [0.25, 0.3) is 0 Å². The Hall–Kier alpha value is -1.75. The van der Waals surface area contributed by atoms with Gasteiger partial charge in [0.05, 0.1) is 7.11 Å². The molecule has 1 aliphatic carbocycles. The molecule has 0 aromatic heterocycles. The summed E-state index contributed by atoms with van der Waals surface area (Å²) in [5.74, 6) is 2.87. The van der Waals surface area contributed by atoms with Gasteiger partial charge in [-0.25, -0.2) is 0 Å². The van der Waals surface area contributed by atoms with Gasteiger partial charge in [-0.05, 0) is 48.8 Å². The number of nitrogens with one attached hydrogen (secondary N) is 1. The smallest absolute Gasteiger partial charge is 0.260 e. The Morgan fingerprint density at radius 1 is 1.15 bits per heavy atom. The minimum absolute atomic E-state index is 0.0562. The van der Waals surface area contributed by atoms with Gasteiger partial charge in [-0.2, -0.15) is 0 Å². The molecular weight excluding hydrogens is 340 g/mol.